The van der Waals surface area contributed by atoms with E-state index < -0.39 is 5.60 Å². The molecule has 1 saturated carbocycles. The van der Waals surface area contributed by atoms with E-state index in [1.807, 2.05) is 51.1 Å². The van der Waals surface area contributed by atoms with Crippen LogP contribution in [0.25, 0.3) is 0 Å². The highest BCUT2D eigenvalue weighted by molar-refractivity contribution is 5.90. The zero-order chi connectivity index (χ0) is 23.7. The number of rotatable bonds is 10. The summed E-state index contributed by atoms with van der Waals surface area (Å²) >= 11 is 0. The molecule has 1 aliphatic carbocycles. The molecule has 1 heterocycles. The predicted octanol–water partition coefficient (Wildman–Crippen LogP) is 5.57. The van der Waals surface area contributed by atoms with E-state index in [0.29, 0.717) is 24.8 Å². The summed E-state index contributed by atoms with van der Waals surface area (Å²) in [5, 5.41) is 6.76. The van der Waals surface area contributed by atoms with Gasteiger partial charge in [0.15, 0.2) is 0 Å². The van der Waals surface area contributed by atoms with Gasteiger partial charge in [0.1, 0.15) is 5.60 Å². The van der Waals surface area contributed by atoms with Gasteiger partial charge in [-0.1, -0.05) is 67.6 Å². The van der Waals surface area contributed by atoms with Crippen LogP contribution in [0.3, 0.4) is 0 Å². The molecule has 3 rings (SSSR count). The summed E-state index contributed by atoms with van der Waals surface area (Å²) in [4.78, 5) is 28.6. The van der Waals surface area contributed by atoms with Crippen LogP contribution < -0.4 is 5.32 Å². The first-order valence-corrected chi connectivity index (χ1v) is 12.2. The normalized spacial score (nSPS) is 18.6. The molecule has 0 saturated heterocycles. The number of aromatic nitrogens is 2. The fraction of sp³-hybridized carbons (Fsp3) is 0.615. The number of ether oxygens (including phenoxy) is 1. The van der Waals surface area contributed by atoms with Crippen LogP contribution in [-0.2, 0) is 16.1 Å². The van der Waals surface area contributed by atoms with Crippen LogP contribution in [0.5, 0.6) is 0 Å². The Morgan fingerprint density at radius 3 is 2.67 bits per heavy atom. The number of nitrogens with zero attached hydrogens (tertiary/aromatic N) is 2. The predicted molar refractivity (Wildman–Crippen MR) is 126 cm³/mol. The molecule has 1 amide bonds. The minimum absolute atomic E-state index is 0.102. The van der Waals surface area contributed by atoms with Gasteiger partial charge in [-0.05, 0) is 51.5 Å². The van der Waals surface area contributed by atoms with Crippen molar-refractivity contribution in [3.05, 3.63) is 47.6 Å². The number of hydrogen-bond donors (Lipinski definition) is 1. The molecule has 1 N–H and O–H groups in total. The van der Waals surface area contributed by atoms with Crippen LogP contribution in [0.2, 0.25) is 0 Å². The van der Waals surface area contributed by atoms with Crippen molar-refractivity contribution in [2.24, 2.45) is 5.92 Å². The first-order valence-electron chi connectivity index (χ1n) is 12.2. The number of benzene rings is 1. The van der Waals surface area contributed by atoms with Gasteiger partial charge in [-0.25, -0.2) is 0 Å². The third-order valence-corrected chi connectivity index (χ3v) is 5.99. The number of nitrogens with one attached hydrogen (secondary N) is 1. The zero-order valence-corrected chi connectivity index (χ0v) is 20.1. The van der Waals surface area contributed by atoms with Gasteiger partial charge in [0.05, 0.1) is 0 Å². The van der Waals surface area contributed by atoms with Gasteiger partial charge in [-0.3, -0.25) is 9.59 Å². The monoisotopic (exact) mass is 455 g/mol. The number of carbonyl (C=O) groups is 2. The Labute approximate surface area is 196 Å². The van der Waals surface area contributed by atoms with Crippen molar-refractivity contribution in [1.82, 2.24) is 15.5 Å². The van der Waals surface area contributed by atoms with E-state index in [1.54, 1.807) is 0 Å². The topological polar surface area (TPSA) is 94.3 Å². The highest BCUT2D eigenvalue weighted by atomic mass is 16.6. The fourth-order valence-corrected chi connectivity index (χ4v) is 4.40. The molecule has 0 bridgehead atoms. The Hall–Kier alpha value is -2.70. The second-order valence-corrected chi connectivity index (χ2v) is 10.0. The Bertz CT molecular complexity index is 888. The summed E-state index contributed by atoms with van der Waals surface area (Å²) in [6, 6.07) is 9.74. The Kier molecular flexibility index (Phi) is 9.03. The number of esters is 1. The lowest BCUT2D eigenvalue weighted by atomic mass is 9.79. The van der Waals surface area contributed by atoms with Gasteiger partial charge in [0, 0.05) is 18.9 Å². The van der Waals surface area contributed by atoms with Gasteiger partial charge in [0.2, 0.25) is 5.89 Å². The lowest BCUT2D eigenvalue weighted by Crippen LogP contribution is -2.24. The summed E-state index contributed by atoms with van der Waals surface area (Å²) < 4.78 is 10.8. The van der Waals surface area contributed by atoms with Crippen molar-refractivity contribution in [2.75, 3.05) is 0 Å². The van der Waals surface area contributed by atoms with Crippen LogP contribution in [-0.4, -0.2) is 27.6 Å². The van der Waals surface area contributed by atoms with E-state index in [0.717, 1.165) is 50.5 Å². The average Bonchev–Trinajstić information content (AvgIpc) is 3.27. The Balaban J connectivity index is 1.38. The molecule has 0 aliphatic heterocycles. The molecule has 1 aromatic carbocycles. The molecule has 2 aromatic rings. The molecule has 1 aromatic heterocycles. The molecule has 180 valence electrons. The molecule has 2 atom stereocenters. The number of amides is 1. The largest absolute Gasteiger partial charge is 0.460 e. The van der Waals surface area contributed by atoms with Gasteiger partial charge in [-0.15, -0.1) is 0 Å². The molecule has 33 heavy (non-hydrogen) atoms. The van der Waals surface area contributed by atoms with E-state index in [2.05, 4.69) is 15.5 Å². The van der Waals surface area contributed by atoms with E-state index in [4.69, 9.17) is 9.26 Å². The SMILES string of the molecule is CC(C)(C)OC(=O)CCCCCC1CCCC(c2nc(C(=O)NCc3ccccc3)no2)C1. The van der Waals surface area contributed by atoms with E-state index >= 15 is 0 Å². The van der Waals surface area contributed by atoms with E-state index in [9.17, 15) is 9.59 Å². The van der Waals surface area contributed by atoms with Crippen molar-refractivity contribution in [3.8, 4) is 0 Å². The summed E-state index contributed by atoms with van der Waals surface area (Å²) in [7, 11) is 0. The quantitative estimate of drug-likeness (QED) is 0.372. The third kappa shape index (κ3) is 8.63. The maximum Gasteiger partial charge on any atom is 0.306 e. The first-order chi connectivity index (χ1) is 15.8. The van der Waals surface area contributed by atoms with Gasteiger partial charge in [0.25, 0.3) is 11.7 Å². The molecule has 0 radical (unpaired) electrons. The molecule has 1 fully saturated rings. The smallest absolute Gasteiger partial charge is 0.306 e. The minimum atomic E-state index is -0.411. The molecular weight excluding hydrogens is 418 g/mol. The van der Waals surface area contributed by atoms with Crippen LogP contribution in [0.15, 0.2) is 34.9 Å². The highest BCUT2D eigenvalue weighted by Gasteiger charge is 2.28. The Morgan fingerprint density at radius 2 is 1.91 bits per heavy atom. The zero-order valence-electron chi connectivity index (χ0n) is 20.1. The van der Waals surface area contributed by atoms with Gasteiger partial charge < -0.3 is 14.6 Å². The van der Waals surface area contributed by atoms with E-state index in [-0.39, 0.29) is 23.6 Å². The first kappa shape index (κ1) is 24.9. The minimum Gasteiger partial charge on any atom is -0.460 e. The van der Waals surface area contributed by atoms with Crippen LogP contribution >= 0.6 is 0 Å². The van der Waals surface area contributed by atoms with Crippen molar-refractivity contribution in [3.63, 3.8) is 0 Å². The number of hydrogen-bond acceptors (Lipinski definition) is 6. The molecule has 7 heteroatoms. The van der Waals surface area contributed by atoms with Gasteiger partial charge >= 0.3 is 5.97 Å². The molecular formula is C26H37N3O4. The maximum atomic E-state index is 12.4. The lowest BCUT2D eigenvalue weighted by molar-refractivity contribution is -0.154. The van der Waals surface area contributed by atoms with Crippen molar-refractivity contribution < 1.29 is 18.8 Å². The molecule has 7 nitrogen and oxygen atoms in total. The lowest BCUT2D eigenvalue weighted by Gasteiger charge is -2.26. The standard InChI is InChI=1S/C26H37N3O4/c1-26(2,3)32-22(30)16-9-5-6-11-19-14-10-15-21(17-19)25-28-23(29-33-25)24(31)27-18-20-12-7-4-8-13-20/h4,7-8,12-13,19,21H,5-6,9-11,14-18H2,1-3H3,(H,27,31). The maximum absolute atomic E-state index is 12.4. The van der Waals surface area contributed by atoms with Crippen LogP contribution in [0.4, 0.5) is 0 Å². The number of carbonyl (C=O) groups excluding carboxylic acids is 2. The highest BCUT2D eigenvalue weighted by Crippen LogP contribution is 2.37. The third-order valence-electron chi connectivity index (χ3n) is 5.99. The molecule has 1 aliphatic rings. The van der Waals surface area contributed by atoms with Crippen LogP contribution in [0, 0.1) is 5.92 Å². The second-order valence-electron chi connectivity index (χ2n) is 10.0. The van der Waals surface area contributed by atoms with E-state index in [1.165, 1.54) is 6.42 Å². The summed E-state index contributed by atoms with van der Waals surface area (Å²) in [6.07, 6.45) is 9.01. The Morgan fingerprint density at radius 1 is 1.12 bits per heavy atom. The number of unbranched alkanes of at least 4 members (excludes halogenated alkanes) is 2. The van der Waals surface area contributed by atoms with Gasteiger partial charge in [-0.2, -0.15) is 4.98 Å². The molecule has 0 spiro atoms. The van der Waals surface area contributed by atoms with Crippen molar-refractivity contribution in [1.29, 1.82) is 0 Å². The molecule has 2 unspecified atom stereocenters. The average molecular weight is 456 g/mol. The summed E-state index contributed by atoms with van der Waals surface area (Å²) in [6.45, 7) is 6.12. The second kappa shape index (κ2) is 12.0. The summed E-state index contributed by atoms with van der Waals surface area (Å²) in [5.74, 6) is 1.09. The fourth-order valence-electron chi connectivity index (χ4n) is 4.40. The van der Waals surface area contributed by atoms with Crippen LogP contribution in [0.1, 0.15) is 107 Å². The van der Waals surface area contributed by atoms with Crippen molar-refractivity contribution >= 4 is 11.9 Å². The van der Waals surface area contributed by atoms with Crippen molar-refractivity contribution in [2.45, 2.75) is 96.6 Å². The summed E-state index contributed by atoms with van der Waals surface area (Å²) in [5.41, 5.74) is 0.613.